The molecule has 0 fully saturated rings. The van der Waals surface area contributed by atoms with Gasteiger partial charge in [0, 0.05) is 5.56 Å². The van der Waals surface area contributed by atoms with Gasteiger partial charge in [0.1, 0.15) is 28.2 Å². The summed E-state index contributed by atoms with van der Waals surface area (Å²) in [5.41, 5.74) is -7.34. The summed E-state index contributed by atoms with van der Waals surface area (Å²) in [7, 11) is 0. The molecular weight excluding hydrogens is 634 g/mol. The normalized spacial score (nSPS) is 11.5. The molecule has 10 nitrogen and oxygen atoms in total. The molecule has 0 aliphatic rings. The molecule has 0 aliphatic carbocycles. The van der Waals surface area contributed by atoms with Crippen molar-refractivity contribution < 1.29 is 75.4 Å². The van der Waals surface area contributed by atoms with Crippen LogP contribution in [0.4, 0.5) is 26.3 Å². The first-order chi connectivity index (χ1) is 21.4. The second kappa shape index (κ2) is 12.1. The number of carboxylic acids is 4. The van der Waals surface area contributed by atoms with E-state index in [4.69, 9.17) is 9.47 Å². The standard InChI is InChI=1S/C30H16F6O10/c31-29(32,33)14-9-7-13(8-10-14)15-11-12-18(30(34,35)36)24(46-20-6-2-4-17(26(39)40)22(20)28(43)44)23(15)45-19-5-1-3-16(25(37)38)21(19)27(41)42/h1-12H,(H,37,38)(H,39,40)(H,41,42)(H,43,44). The lowest BCUT2D eigenvalue weighted by Crippen LogP contribution is -2.13. The Morgan fingerprint density at radius 3 is 1.37 bits per heavy atom. The van der Waals surface area contributed by atoms with Crippen molar-refractivity contribution in [3.8, 4) is 34.1 Å². The number of carboxylic acid groups (broad SMARTS) is 4. The van der Waals surface area contributed by atoms with E-state index in [0.29, 0.717) is 18.2 Å². The van der Waals surface area contributed by atoms with Crippen molar-refractivity contribution in [2.75, 3.05) is 0 Å². The van der Waals surface area contributed by atoms with Gasteiger partial charge in [-0.25, -0.2) is 19.2 Å². The van der Waals surface area contributed by atoms with Gasteiger partial charge in [0.2, 0.25) is 0 Å². The predicted molar refractivity (Wildman–Crippen MR) is 143 cm³/mol. The number of hydrogen-bond acceptors (Lipinski definition) is 6. The third kappa shape index (κ3) is 6.54. The van der Waals surface area contributed by atoms with Crippen LogP contribution < -0.4 is 9.47 Å². The Hall–Kier alpha value is -6.06. The van der Waals surface area contributed by atoms with Crippen molar-refractivity contribution in [3.05, 3.63) is 106 Å². The topological polar surface area (TPSA) is 168 Å². The summed E-state index contributed by atoms with van der Waals surface area (Å²) in [6, 6.07) is 9.38. The first kappa shape index (κ1) is 32.8. The van der Waals surface area contributed by atoms with Crippen LogP contribution in [0.3, 0.4) is 0 Å². The van der Waals surface area contributed by atoms with Crippen molar-refractivity contribution in [1.82, 2.24) is 0 Å². The first-order valence-electron chi connectivity index (χ1n) is 12.4. The molecule has 4 aromatic rings. The van der Waals surface area contributed by atoms with Crippen molar-refractivity contribution >= 4 is 23.9 Å². The average molecular weight is 650 g/mol. The van der Waals surface area contributed by atoms with E-state index in [-0.39, 0.29) is 5.56 Å². The minimum Gasteiger partial charge on any atom is -0.478 e. The largest absolute Gasteiger partial charge is 0.478 e. The Labute approximate surface area is 252 Å². The van der Waals surface area contributed by atoms with Crippen molar-refractivity contribution in [3.63, 3.8) is 0 Å². The van der Waals surface area contributed by atoms with E-state index in [1.54, 1.807) is 0 Å². The molecule has 0 radical (unpaired) electrons. The van der Waals surface area contributed by atoms with E-state index in [1.807, 2.05) is 0 Å². The highest BCUT2D eigenvalue weighted by Gasteiger charge is 2.39. The summed E-state index contributed by atoms with van der Waals surface area (Å²) >= 11 is 0. The van der Waals surface area contributed by atoms with Gasteiger partial charge < -0.3 is 29.9 Å². The minimum atomic E-state index is -5.31. The predicted octanol–water partition coefficient (Wildman–Crippen LogP) is 7.77. The maximum Gasteiger partial charge on any atom is 0.420 e. The summed E-state index contributed by atoms with van der Waals surface area (Å²) in [5, 5.41) is 38.4. The van der Waals surface area contributed by atoms with Crippen LogP contribution in [0.5, 0.6) is 23.0 Å². The molecule has 16 heteroatoms. The van der Waals surface area contributed by atoms with E-state index < -0.39 is 98.2 Å². The van der Waals surface area contributed by atoms with Crippen LogP contribution in [0, 0.1) is 0 Å². The third-order valence-electron chi connectivity index (χ3n) is 6.31. The summed E-state index contributed by atoms with van der Waals surface area (Å²) in [6.45, 7) is 0. The molecule has 0 heterocycles. The second-order valence-electron chi connectivity index (χ2n) is 9.17. The van der Waals surface area contributed by atoms with Crippen molar-refractivity contribution in [2.45, 2.75) is 12.4 Å². The zero-order valence-corrected chi connectivity index (χ0v) is 22.4. The van der Waals surface area contributed by atoms with Gasteiger partial charge in [-0.2, -0.15) is 26.3 Å². The Kier molecular flexibility index (Phi) is 8.67. The van der Waals surface area contributed by atoms with E-state index in [1.165, 1.54) is 0 Å². The van der Waals surface area contributed by atoms with E-state index >= 15 is 0 Å². The van der Waals surface area contributed by atoms with Gasteiger partial charge in [0.25, 0.3) is 0 Å². The molecular formula is C30H16F6O10. The van der Waals surface area contributed by atoms with Gasteiger partial charge in [-0.3, -0.25) is 0 Å². The Morgan fingerprint density at radius 2 is 0.978 bits per heavy atom. The van der Waals surface area contributed by atoms with Crippen LogP contribution in [0.1, 0.15) is 52.6 Å². The number of rotatable bonds is 9. The van der Waals surface area contributed by atoms with Crippen LogP contribution in [0.2, 0.25) is 0 Å². The van der Waals surface area contributed by atoms with Gasteiger partial charge in [-0.1, -0.05) is 24.3 Å². The number of halogens is 6. The van der Waals surface area contributed by atoms with Crippen LogP contribution in [0.15, 0.2) is 72.8 Å². The molecule has 46 heavy (non-hydrogen) atoms. The van der Waals surface area contributed by atoms with E-state index in [0.717, 1.165) is 54.6 Å². The number of benzene rings is 4. The molecule has 4 rings (SSSR count). The van der Waals surface area contributed by atoms with Crippen molar-refractivity contribution in [1.29, 1.82) is 0 Å². The molecule has 0 amide bonds. The molecule has 0 unspecified atom stereocenters. The molecule has 0 aromatic heterocycles. The fraction of sp³-hybridized carbons (Fsp3) is 0.0667. The lowest BCUT2D eigenvalue weighted by molar-refractivity contribution is -0.139. The Morgan fingerprint density at radius 1 is 0.522 bits per heavy atom. The van der Waals surface area contributed by atoms with Gasteiger partial charge in [0.15, 0.2) is 11.5 Å². The molecule has 4 aromatic carbocycles. The lowest BCUT2D eigenvalue weighted by Gasteiger charge is -2.22. The Bertz CT molecular complexity index is 1880. The SMILES string of the molecule is O=C(O)c1cccc(Oc2c(-c3ccc(C(F)(F)F)cc3)ccc(C(F)(F)F)c2Oc2cccc(C(=O)O)c2C(=O)O)c1C(=O)O. The summed E-state index contributed by atoms with van der Waals surface area (Å²) in [5.74, 6) is -11.5. The monoisotopic (exact) mass is 650 g/mol. The lowest BCUT2D eigenvalue weighted by atomic mass is 9.99. The second-order valence-corrected chi connectivity index (χ2v) is 9.17. The van der Waals surface area contributed by atoms with Crippen LogP contribution in [-0.2, 0) is 12.4 Å². The highest BCUT2D eigenvalue weighted by Crippen LogP contribution is 2.51. The summed E-state index contributed by atoms with van der Waals surface area (Å²) in [6.07, 6.45) is -10.1. The molecule has 0 spiro atoms. The molecule has 4 N–H and O–H groups in total. The smallest absolute Gasteiger partial charge is 0.420 e. The van der Waals surface area contributed by atoms with Gasteiger partial charge in [0.05, 0.1) is 16.7 Å². The number of ether oxygens (including phenoxy) is 2. The molecule has 0 bridgehead atoms. The number of carbonyl (C=O) groups is 4. The van der Waals surface area contributed by atoms with E-state index in [2.05, 4.69) is 0 Å². The third-order valence-corrected chi connectivity index (χ3v) is 6.31. The molecule has 0 saturated heterocycles. The maximum absolute atomic E-state index is 14.4. The van der Waals surface area contributed by atoms with E-state index in [9.17, 15) is 65.9 Å². The molecule has 0 atom stereocenters. The van der Waals surface area contributed by atoms with Gasteiger partial charge in [-0.05, 0) is 54.1 Å². The van der Waals surface area contributed by atoms with Crippen molar-refractivity contribution in [2.24, 2.45) is 0 Å². The highest BCUT2D eigenvalue weighted by molar-refractivity contribution is 6.04. The summed E-state index contributed by atoms with van der Waals surface area (Å²) < 4.78 is 93.9. The van der Waals surface area contributed by atoms with Gasteiger partial charge in [-0.15, -0.1) is 0 Å². The summed E-state index contributed by atoms with van der Waals surface area (Å²) in [4.78, 5) is 47.5. The van der Waals surface area contributed by atoms with Gasteiger partial charge >= 0.3 is 36.2 Å². The quantitative estimate of drug-likeness (QED) is 0.131. The highest BCUT2D eigenvalue weighted by atomic mass is 19.4. The molecule has 238 valence electrons. The fourth-order valence-corrected chi connectivity index (χ4v) is 4.30. The fourth-order valence-electron chi connectivity index (χ4n) is 4.30. The average Bonchev–Trinajstić information content (AvgIpc) is 2.96. The minimum absolute atomic E-state index is 0.231. The molecule has 0 saturated carbocycles. The number of alkyl halides is 6. The number of hydrogen-bond donors (Lipinski definition) is 4. The van der Waals surface area contributed by atoms with Crippen LogP contribution in [-0.4, -0.2) is 44.3 Å². The maximum atomic E-state index is 14.4. The molecule has 0 aliphatic heterocycles. The zero-order chi connectivity index (χ0) is 34.1. The first-order valence-corrected chi connectivity index (χ1v) is 12.4. The Balaban J connectivity index is 2.10. The number of aromatic carboxylic acids is 4. The van der Waals surface area contributed by atoms with Crippen LogP contribution in [0.25, 0.3) is 11.1 Å². The zero-order valence-electron chi connectivity index (χ0n) is 22.4. The van der Waals surface area contributed by atoms with Crippen LogP contribution >= 0.6 is 0 Å².